The molecular formula is C14H23N3S. The molecule has 100 valence electrons. The van der Waals surface area contributed by atoms with E-state index in [1.165, 1.54) is 31.2 Å². The molecule has 1 N–H and O–H groups in total. The van der Waals surface area contributed by atoms with Crippen LogP contribution >= 0.6 is 11.8 Å². The Bertz CT molecular complexity index is 345. The zero-order chi connectivity index (χ0) is 12.8. The van der Waals surface area contributed by atoms with Crippen molar-refractivity contribution in [3.8, 4) is 0 Å². The highest BCUT2D eigenvalue weighted by Crippen LogP contribution is 2.30. The molecule has 1 aliphatic rings. The SMILES string of the molecule is CC(C)NCc1cnc(CSC2CCCC2)nc1. The van der Waals surface area contributed by atoms with Crippen LogP contribution in [-0.2, 0) is 12.3 Å². The van der Waals surface area contributed by atoms with Crippen molar-refractivity contribution in [2.24, 2.45) is 0 Å². The first-order valence-corrected chi connectivity index (χ1v) is 7.93. The van der Waals surface area contributed by atoms with Crippen molar-refractivity contribution >= 4 is 11.8 Å². The van der Waals surface area contributed by atoms with Crippen molar-refractivity contribution in [2.45, 2.75) is 63.1 Å². The van der Waals surface area contributed by atoms with Crippen LogP contribution in [0.25, 0.3) is 0 Å². The van der Waals surface area contributed by atoms with Gasteiger partial charge in [0.15, 0.2) is 0 Å². The third-order valence-electron chi connectivity index (χ3n) is 3.22. The molecule has 0 saturated heterocycles. The Morgan fingerprint density at radius 3 is 2.56 bits per heavy atom. The van der Waals surface area contributed by atoms with Gasteiger partial charge in [0.2, 0.25) is 0 Å². The van der Waals surface area contributed by atoms with Gasteiger partial charge in [0, 0.05) is 35.8 Å². The van der Waals surface area contributed by atoms with Crippen LogP contribution < -0.4 is 5.32 Å². The number of nitrogens with one attached hydrogen (secondary N) is 1. The average Bonchev–Trinajstić information content (AvgIpc) is 2.88. The van der Waals surface area contributed by atoms with Crippen LogP contribution in [0.4, 0.5) is 0 Å². The third-order valence-corrected chi connectivity index (χ3v) is 4.59. The van der Waals surface area contributed by atoms with Crippen molar-refractivity contribution in [1.82, 2.24) is 15.3 Å². The lowest BCUT2D eigenvalue weighted by molar-refractivity contribution is 0.586. The molecule has 0 unspecified atom stereocenters. The van der Waals surface area contributed by atoms with Crippen molar-refractivity contribution in [1.29, 1.82) is 0 Å². The van der Waals surface area contributed by atoms with Crippen LogP contribution in [0.1, 0.15) is 50.9 Å². The van der Waals surface area contributed by atoms with Crippen molar-refractivity contribution in [3.63, 3.8) is 0 Å². The maximum absolute atomic E-state index is 4.45. The van der Waals surface area contributed by atoms with E-state index in [1.54, 1.807) is 0 Å². The summed E-state index contributed by atoms with van der Waals surface area (Å²) in [5.41, 5.74) is 1.17. The fourth-order valence-corrected chi connectivity index (χ4v) is 3.32. The lowest BCUT2D eigenvalue weighted by Gasteiger charge is -2.09. The van der Waals surface area contributed by atoms with E-state index in [0.29, 0.717) is 6.04 Å². The third kappa shape index (κ3) is 4.58. The number of aromatic nitrogens is 2. The summed E-state index contributed by atoms with van der Waals surface area (Å²) < 4.78 is 0. The molecule has 2 rings (SSSR count). The first kappa shape index (κ1) is 13.8. The molecule has 0 aliphatic heterocycles. The second kappa shape index (κ2) is 7.10. The Labute approximate surface area is 114 Å². The highest BCUT2D eigenvalue weighted by molar-refractivity contribution is 7.99. The van der Waals surface area contributed by atoms with E-state index >= 15 is 0 Å². The molecule has 0 radical (unpaired) electrons. The number of nitrogens with zero attached hydrogens (tertiary/aromatic N) is 2. The average molecular weight is 265 g/mol. The van der Waals surface area contributed by atoms with Crippen LogP contribution in [-0.4, -0.2) is 21.3 Å². The van der Waals surface area contributed by atoms with Crippen LogP contribution in [0.2, 0.25) is 0 Å². The van der Waals surface area contributed by atoms with Gasteiger partial charge in [0.1, 0.15) is 5.82 Å². The van der Waals surface area contributed by atoms with Gasteiger partial charge in [0.05, 0.1) is 5.75 Å². The Morgan fingerprint density at radius 1 is 1.28 bits per heavy atom. The molecule has 18 heavy (non-hydrogen) atoms. The van der Waals surface area contributed by atoms with E-state index in [-0.39, 0.29) is 0 Å². The molecule has 4 heteroatoms. The number of thioether (sulfide) groups is 1. The molecule has 3 nitrogen and oxygen atoms in total. The van der Waals surface area contributed by atoms with Gasteiger partial charge in [-0.15, -0.1) is 0 Å². The molecule has 0 spiro atoms. The topological polar surface area (TPSA) is 37.8 Å². The smallest absolute Gasteiger partial charge is 0.138 e. The molecule has 1 aromatic rings. The second-order valence-electron chi connectivity index (χ2n) is 5.26. The molecule has 1 heterocycles. The number of hydrogen-bond donors (Lipinski definition) is 1. The molecule has 1 aliphatic carbocycles. The molecule has 0 amide bonds. The molecule has 1 aromatic heterocycles. The van der Waals surface area contributed by atoms with Gasteiger partial charge in [-0.1, -0.05) is 26.7 Å². The monoisotopic (exact) mass is 265 g/mol. The van der Waals surface area contributed by atoms with E-state index in [4.69, 9.17) is 0 Å². The predicted molar refractivity (Wildman–Crippen MR) is 77.6 cm³/mol. The predicted octanol–water partition coefficient (Wildman–Crippen LogP) is 3.15. The highest BCUT2D eigenvalue weighted by atomic mass is 32.2. The van der Waals surface area contributed by atoms with Crippen LogP contribution in [0, 0.1) is 0 Å². The lowest BCUT2D eigenvalue weighted by Crippen LogP contribution is -2.22. The van der Waals surface area contributed by atoms with Crippen LogP contribution in [0.3, 0.4) is 0 Å². The largest absolute Gasteiger partial charge is 0.310 e. The summed E-state index contributed by atoms with van der Waals surface area (Å²) in [6.07, 6.45) is 9.46. The van der Waals surface area contributed by atoms with Gasteiger partial charge in [-0.05, 0) is 12.8 Å². The summed E-state index contributed by atoms with van der Waals surface area (Å²) in [5.74, 6) is 1.93. The number of hydrogen-bond acceptors (Lipinski definition) is 4. The summed E-state index contributed by atoms with van der Waals surface area (Å²) in [6.45, 7) is 5.15. The standard InChI is InChI=1S/C14H23N3S/c1-11(2)15-7-12-8-16-14(17-9-12)10-18-13-5-3-4-6-13/h8-9,11,13,15H,3-7,10H2,1-2H3. The summed E-state index contributed by atoms with van der Waals surface area (Å²) in [4.78, 5) is 8.89. The fourth-order valence-electron chi connectivity index (χ4n) is 2.12. The van der Waals surface area contributed by atoms with Gasteiger partial charge in [-0.3, -0.25) is 0 Å². The Morgan fingerprint density at radius 2 is 1.94 bits per heavy atom. The summed E-state index contributed by atoms with van der Waals surface area (Å²) in [7, 11) is 0. The zero-order valence-corrected chi connectivity index (χ0v) is 12.2. The second-order valence-corrected chi connectivity index (χ2v) is 6.55. The summed E-state index contributed by atoms with van der Waals surface area (Å²) >= 11 is 2.02. The van der Waals surface area contributed by atoms with Gasteiger partial charge in [0.25, 0.3) is 0 Å². The van der Waals surface area contributed by atoms with E-state index in [9.17, 15) is 0 Å². The normalized spacial score (nSPS) is 16.6. The molecular weight excluding hydrogens is 242 g/mol. The minimum Gasteiger partial charge on any atom is -0.310 e. The van der Waals surface area contributed by atoms with Gasteiger partial charge < -0.3 is 5.32 Å². The molecule has 0 bridgehead atoms. The first-order chi connectivity index (χ1) is 8.74. The van der Waals surface area contributed by atoms with E-state index < -0.39 is 0 Å². The number of rotatable bonds is 6. The van der Waals surface area contributed by atoms with E-state index in [2.05, 4.69) is 29.1 Å². The lowest BCUT2D eigenvalue weighted by atomic mass is 10.3. The van der Waals surface area contributed by atoms with E-state index in [0.717, 1.165) is 23.4 Å². The van der Waals surface area contributed by atoms with Crippen LogP contribution in [0.5, 0.6) is 0 Å². The van der Waals surface area contributed by atoms with Crippen molar-refractivity contribution in [3.05, 3.63) is 23.8 Å². The summed E-state index contributed by atoms with van der Waals surface area (Å²) in [5, 5.41) is 4.22. The van der Waals surface area contributed by atoms with Gasteiger partial charge >= 0.3 is 0 Å². The fraction of sp³-hybridized carbons (Fsp3) is 0.714. The van der Waals surface area contributed by atoms with Crippen molar-refractivity contribution < 1.29 is 0 Å². The van der Waals surface area contributed by atoms with Crippen LogP contribution in [0.15, 0.2) is 12.4 Å². The first-order valence-electron chi connectivity index (χ1n) is 6.89. The highest BCUT2D eigenvalue weighted by Gasteiger charge is 2.15. The van der Waals surface area contributed by atoms with Gasteiger partial charge in [-0.25, -0.2) is 9.97 Å². The Kier molecular flexibility index (Phi) is 5.45. The summed E-state index contributed by atoms with van der Waals surface area (Å²) in [6, 6.07) is 0.502. The zero-order valence-electron chi connectivity index (χ0n) is 11.4. The van der Waals surface area contributed by atoms with Crippen molar-refractivity contribution in [2.75, 3.05) is 0 Å². The molecule has 0 atom stereocenters. The minimum absolute atomic E-state index is 0.502. The molecule has 1 fully saturated rings. The minimum atomic E-state index is 0.502. The quantitative estimate of drug-likeness (QED) is 0.857. The molecule has 0 aromatic carbocycles. The van der Waals surface area contributed by atoms with Gasteiger partial charge in [-0.2, -0.15) is 11.8 Å². The maximum Gasteiger partial charge on any atom is 0.138 e. The molecule has 1 saturated carbocycles. The Hall–Kier alpha value is -0.610. The van der Waals surface area contributed by atoms with E-state index in [1.807, 2.05) is 24.2 Å². The Balaban J connectivity index is 1.76. The maximum atomic E-state index is 4.45.